The maximum atomic E-state index is 12.8. The van der Waals surface area contributed by atoms with Crippen LogP contribution in [0.4, 0.5) is 5.69 Å². The largest absolute Gasteiger partial charge is 0.352 e. The average Bonchev–Trinajstić information content (AvgIpc) is 3.18. The molecule has 1 saturated carbocycles. The predicted molar refractivity (Wildman–Crippen MR) is 112 cm³/mol. The van der Waals surface area contributed by atoms with Crippen molar-refractivity contribution in [1.82, 2.24) is 5.32 Å². The molecular weight excluding hydrogens is 350 g/mol. The third kappa shape index (κ3) is 4.78. The van der Waals surface area contributed by atoms with E-state index in [0.717, 1.165) is 31.2 Å². The summed E-state index contributed by atoms with van der Waals surface area (Å²) in [4.78, 5) is 25.6. The van der Waals surface area contributed by atoms with Crippen LogP contribution in [0, 0.1) is 18.8 Å². The standard InChI is InChI=1S/C23H29N3O2/c1-16-7-5-12-20(26-22(27)19-11-6-10-18(19)15-24)21(16)23(28)25-14-13-17-8-3-2-4-9-17/h2-5,7-9,12,18-19H,6,10-11,13-15,24H2,1H3,(H,25,28)(H,26,27)/t18-,19-/m1/s1. The molecule has 0 radical (unpaired) electrons. The number of carbonyl (C=O) groups excluding carboxylic acids is 2. The van der Waals surface area contributed by atoms with Crippen LogP contribution in [0.5, 0.6) is 0 Å². The second-order valence-electron chi connectivity index (χ2n) is 7.51. The maximum Gasteiger partial charge on any atom is 0.253 e. The van der Waals surface area contributed by atoms with Crippen LogP contribution in [-0.4, -0.2) is 24.9 Å². The second-order valence-corrected chi connectivity index (χ2v) is 7.51. The predicted octanol–water partition coefficient (Wildman–Crippen LogP) is 3.28. The van der Waals surface area contributed by atoms with E-state index < -0.39 is 0 Å². The van der Waals surface area contributed by atoms with Gasteiger partial charge in [-0.2, -0.15) is 0 Å². The minimum Gasteiger partial charge on any atom is -0.352 e. The first-order chi connectivity index (χ1) is 13.6. The average molecular weight is 380 g/mol. The molecule has 5 nitrogen and oxygen atoms in total. The lowest BCUT2D eigenvalue weighted by Crippen LogP contribution is -2.32. The minimum absolute atomic E-state index is 0.0307. The summed E-state index contributed by atoms with van der Waals surface area (Å²) < 4.78 is 0. The van der Waals surface area contributed by atoms with E-state index in [0.29, 0.717) is 24.3 Å². The van der Waals surface area contributed by atoms with Crippen molar-refractivity contribution in [2.45, 2.75) is 32.6 Å². The van der Waals surface area contributed by atoms with Crippen LogP contribution < -0.4 is 16.4 Å². The van der Waals surface area contributed by atoms with Gasteiger partial charge in [0.1, 0.15) is 0 Å². The molecule has 0 heterocycles. The maximum absolute atomic E-state index is 12.8. The van der Waals surface area contributed by atoms with Gasteiger partial charge in [-0.25, -0.2) is 0 Å². The van der Waals surface area contributed by atoms with Gasteiger partial charge in [0.05, 0.1) is 11.3 Å². The zero-order chi connectivity index (χ0) is 19.9. The van der Waals surface area contributed by atoms with Crippen molar-refractivity contribution in [3.63, 3.8) is 0 Å². The fourth-order valence-corrected chi connectivity index (χ4v) is 4.02. The van der Waals surface area contributed by atoms with Crippen molar-refractivity contribution in [1.29, 1.82) is 0 Å². The quantitative estimate of drug-likeness (QED) is 0.690. The Kier molecular flexibility index (Phi) is 6.82. The smallest absolute Gasteiger partial charge is 0.253 e. The molecule has 148 valence electrons. The van der Waals surface area contributed by atoms with E-state index >= 15 is 0 Å². The van der Waals surface area contributed by atoms with Crippen LogP contribution in [0.25, 0.3) is 0 Å². The van der Waals surface area contributed by atoms with Crippen LogP contribution >= 0.6 is 0 Å². The number of amides is 2. The van der Waals surface area contributed by atoms with E-state index in [1.165, 1.54) is 5.56 Å². The number of nitrogens with two attached hydrogens (primary N) is 1. The lowest BCUT2D eigenvalue weighted by atomic mass is 9.95. The molecule has 0 bridgehead atoms. The number of rotatable bonds is 7. The Morgan fingerprint density at radius 1 is 1.07 bits per heavy atom. The number of aryl methyl sites for hydroxylation is 1. The van der Waals surface area contributed by atoms with Gasteiger partial charge in [-0.3, -0.25) is 9.59 Å². The van der Waals surface area contributed by atoms with Crippen LogP contribution in [0.2, 0.25) is 0 Å². The van der Waals surface area contributed by atoms with Crippen LogP contribution in [-0.2, 0) is 11.2 Å². The fraction of sp³-hybridized carbons (Fsp3) is 0.391. The molecule has 2 aromatic carbocycles. The molecule has 28 heavy (non-hydrogen) atoms. The molecule has 1 aliphatic carbocycles. The number of hydrogen-bond donors (Lipinski definition) is 3. The lowest BCUT2D eigenvalue weighted by Gasteiger charge is -2.19. The Hall–Kier alpha value is -2.66. The van der Waals surface area contributed by atoms with Crippen molar-refractivity contribution in [2.24, 2.45) is 17.6 Å². The summed E-state index contributed by atoms with van der Waals surface area (Å²) in [6.45, 7) is 2.96. The molecule has 1 fully saturated rings. The highest BCUT2D eigenvalue weighted by Gasteiger charge is 2.32. The van der Waals surface area contributed by atoms with Crippen LogP contribution in [0.1, 0.15) is 40.7 Å². The van der Waals surface area contributed by atoms with Gasteiger partial charge in [-0.05, 0) is 55.8 Å². The summed E-state index contributed by atoms with van der Waals surface area (Å²) >= 11 is 0. The third-order valence-corrected chi connectivity index (χ3v) is 5.60. The van der Waals surface area contributed by atoms with E-state index in [1.54, 1.807) is 6.07 Å². The SMILES string of the molecule is Cc1cccc(NC(=O)[C@@H]2CCC[C@@H]2CN)c1C(=O)NCCc1ccccc1. The number of hydrogen-bond acceptors (Lipinski definition) is 3. The second kappa shape index (κ2) is 9.51. The van der Waals surface area contributed by atoms with E-state index in [4.69, 9.17) is 5.73 Å². The van der Waals surface area contributed by atoms with Gasteiger partial charge >= 0.3 is 0 Å². The lowest BCUT2D eigenvalue weighted by molar-refractivity contribution is -0.120. The highest BCUT2D eigenvalue weighted by molar-refractivity contribution is 6.05. The molecule has 1 aliphatic rings. The van der Waals surface area contributed by atoms with Gasteiger partial charge in [0.25, 0.3) is 5.91 Å². The molecule has 5 heteroatoms. The van der Waals surface area contributed by atoms with E-state index in [-0.39, 0.29) is 23.7 Å². The highest BCUT2D eigenvalue weighted by Crippen LogP contribution is 2.32. The highest BCUT2D eigenvalue weighted by atomic mass is 16.2. The monoisotopic (exact) mass is 379 g/mol. The van der Waals surface area contributed by atoms with E-state index in [9.17, 15) is 9.59 Å². The van der Waals surface area contributed by atoms with Crippen molar-refractivity contribution in [2.75, 3.05) is 18.4 Å². The van der Waals surface area contributed by atoms with Crippen LogP contribution in [0.15, 0.2) is 48.5 Å². The normalized spacial score (nSPS) is 18.6. The molecular formula is C23H29N3O2. The zero-order valence-corrected chi connectivity index (χ0v) is 16.4. The summed E-state index contributed by atoms with van der Waals surface area (Å²) in [5, 5.41) is 5.97. The molecule has 0 unspecified atom stereocenters. The van der Waals surface area contributed by atoms with Crippen molar-refractivity contribution >= 4 is 17.5 Å². The van der Waals surface area contributed by atoms with Crippen LogP contribution in [0.3, 0.4) is 0 Å². The minimum atomic E-state index is -0.161. The van der Waals surface area contributed by atoms with Gasteiger partial charge in [-0.15, -0.1) is 0 Å². The Bertz CT molecular complexity index is 820. The van der Waals surface area contributed by atoms with Crippen molar-refractivity contribution < 1.29 is 9.59 Å². The molecule has 0 spiro atoms. The Labute approximate surface area is 166 Å². The molecule has 0 saturated heterocycles. The first-order valence-electron chi connectivity index (χ1n) is 10.0. The molecule has 2 aromatic rings. The number of anilines is 1. The van der Waals surface area contributed by atoms with Gasteiger partial charge in [0.15, 0.2) is 0 Å². The number of nitrogens with one attached hydrogen (secondary N) is 2. The molecule has 0 aromatic heterocycles. The van der Waals surface area contributed by atoms with E-state index in [2.05, 4.69) is 10.6 Å². The van der Waals surface area contributed by atoms with Gasteiger partial charge in [-0.1, -0.05) is 48.9 Å². The number of benzene rings is 2. The summed E-state index contributed by atoms with van der Waals surface area (Å²) in [7, 11) is 0. The molecule has 4 N–H and O–H groups in total. The molecule has 0 aliphatic heterocycles. The van der Waals surface area contributed by atoms with Gasteiger partial charge in [0.2, 0.25) is 5.91 Å². The molecule has 3 rings (SSSR count). The van der Waals surface area contributed by atoms with Gasteiger partial charge in [0, 0.05) is 12.5 Å². The fourth-order valence-electron chi connectivity index (χ4n) is 4.02. The first-order valence-corrected chi connectivity index (χ1v) is 10.0. The van der Waals surface area contributed by atoms with Crippen molar-refractivity contribution in [3.8, 4) is 0 Å². The van der Waals surface area contributed by atoms with Crippen molar-refractivity contribution in [3.05, 3.63) is 65.2 Å². The Morgan fingerprint density at radius 3 is 2.61 bits per heavy atom. The summed E-state index contributed by atoms with van der Waals surface area (Å²) in [5.41, 5.74) is 8.94. The number of carbonyl (C=O) groups is 2. The summed E-state index contributed by atoms with van der Waals surface area (Å²) in [5.74, 6) is -0.0320. The molecule has 2 amide bonds. The topological polar surface area (TPSA) is 84.2 Å². The third-order valence-electron chi connectivity index (χ3n) is 5.60. The Balaban J connectivity index is 1.67. The zero-order valence-electron chi connectivity index (χ0n) is 16.4. The first kappa shape index (κ1) is 20.1. The Morgan fingerprint density at radius 2 is 1.86 bits per heavy atom. The summed E-state index contributed by atoms with van der Waals surface area (Å²) in [6.07, 6.45) is 3.65. The van der Waals surface area contributed by atoms with E-state index in [1.807, 2.05) is 49.4 Å². The van der Waals surface area contributed by atoms with Gasteiger partial charge < -0.3 is 16.4 Å². The molecule has 2 atom stereocenters. The summed E-state index contributed by atoms with van der Waals surface area (Å²) in [6, 6.07) is 15.6.